The molecule has 1 unspecified atom stereocenters. The number of rotatable bonds is 11. The van der Waals surface area contributed by atoms with Crippen molar-refractivity contribution < 1.29 is 54.0 Å². The lowest BCUT2D eigenvalue weighted by molar-refractivity contribution is -0.333. The maximum absolute atomic E-state index is 10.6. The molecular weight excluding hydrogens is 554 g/mol. The Hall–Kier alpha value is -1.51. The molecule has 0 spiro atoms. The van der Waals surface area contributed by atoms with Crippen molar-refractivity contribution in [1.29, 1.82) is 5.26 Å². The number of ether oxygens (including phenoxy) is 4. The van der Waals surface area contributed by atoms with E-state index in [1.54, 1.807) is 30.3 Å². The summed E-state index contributed by atoms with van der Waals surface area (Å²) in [6, 6.07) is 10.5. The van der Waals surface area contributed by atoms with Crippen LogP contribution in [-0.2, 0) is 23.4 Å². The van der Waals surface area contributed by atoms with Crippen molar-refractivity contribution in [2.75, 3.05) is 13.2 Å². The van der Waals surface area contributed by atoms with Crippen LogP contribution in [0.5, 0.6) is 0 Å². The topological polar surface area (TPSA) is 191 Å². The summed E-state index contributed by atoms with van der Waals surface area (Å²) in [5.41, 5.74) is 0.502. The second kappa shape index (κ2) is 13.9. The van der Waals surface area contributed by atoms with Crippen LogP contribution in [0, 0.1) is 17.2 Å². The molecule has 2 saturated heterocycles. The van der Waals surface area contributed by atoms with E-state index in [2.05, 4.69) is 40.8 Å². The molecule has 232 valence electrons. The Kier molecular flexibility index (Phi) is 11.5. The minimum Gasteiger partial charge on any atom is -0.414 e. The molecule has 0 aliphatic carbocycles. The van der Waals surface area contributed by atoms with E-state index in [4.69, 9.17) is 23.4 Å². The summed E-state index contributed by atoms with van der Waals surface area (Å²) < 4.78 is 29.0. The molecule has 2 aliphatic heterocycles. The molecule has 0 aromatic heterocycles. The number of nitrogens with zero attached hydrogens (tertiary/aromatic N) is 1. The minimum atomic E-state index is -2.30. The standard InChI is InChI=1S/C28H45NO11Si/c1-15(2)28(3,4)41(5,6)37-14-19-21(31)22(32)24(34)26(39-19)36-13-18-20(30)23(33)25(35)27(40-18)38-17(12-29)16-10-8-7-9-11-16/h7-11,15,17-27,30-35H,13-14H2,1-6H3/t17?,18-,19-,20-,21-,22+,23+,24-,25-,26-,27-/m1/s1. The van der Waals surface area contributed by atoms with E-state index in [1.807, 2.05) is 6.07 Å². The van der Waals surface area contributed by atoms with Gasteiger partial charge in [-0.3, -0.25) is 0 Å². The number of benzene rings is 1. The van der Waals surface area contributed by atoms with Crippen molar-refractivity contribution in [2.24, 2.45) is 5.92 Å². The van der Waals surface area contributed by atoms with Gasteiger partial charge in [0.25, 0.3) is 0 Å². The normalized spacial score (nSPS) is 35.7. The van der Waals surface area contributed by atoms with Crippen LogP contribution in [0.1, 0.15) is 39.4 Å². The molecule has 12 nitrogen and oxygen atoms in total. The van der Waals surface area contributed by atoms with E-state index in [9.17, 15) is 35.9 Å². The Balaban J connectivity index is 1.66. The Morgan fingerprint density at radius 3 is 1.88 bits per heavy atom. The predicted molar refractivity (Wildman–Crippen MR) is 148 cm³/mol. The number of aliphatic hydroxyl groups is 6. The van der Waals surface area contributed by atoms with Crippen LogP contribution < -0.4 is 0 Å². The van der Waals surface area contributed by atoms with Gasteiger partial charge in [-0.25, -0.2) is 0 Å². The summed E-state index contributed by atoms with van der Waals surface area (Å²) >= 11 is 0. The molecule has 2 fully saturated rings. The third-order valence-corrected chi connectivity index (χ3v) is 13.4. The van der Waals surface area contributed by atoms with Gasteiger partial charge in [0.05, 0.1) is 19.3 Å². The van der Waals surface area contributed by atoms with Crippen LogP contribution >= 0.6 is 0 Å². The average molecular weight is 600 g/mol. The molecule has 13 heteroatoms. The van der Waals surface area contributed by atoms with Crippen molar-refractivity contribution in [2.45, 2.75) is 113 Å². The van der Waals surface area contributed by atoms with Gasteiger partial charge in [0.15, 0.2) is 27.0 Å². The zero-order valence-corrected chi connectivity index (χ0v) is 25.4. The van der Waals surface area contributed by atoms with Gasteiger partial charge in [0.2, 0.25) is 0 Å². The maximum Gasteiger partial charge on any atom is 0.192 e. The first-order valence-corrected chi connectivity index (χ1v) is 16.8. The molecule has 1 aromatic carbocycles. The van der Waals surface area contributed by atoms with Gasteiger partial charge in [-0.2, -0.15) is 5.26 Å². The molecule has 41 heavy (non-hydrogen) atoms. The van der Waals surface area contributed by atoms with Crippen molar-refractivity contribution in [3.05, 3.63) is 35.9 Å². The fraction of sp³-hybridized carbons (Fsp3) is 0.750. The second-order valence-corrected chi connectivity index (χ2v) is 16.7. The van der Waals surface area contributed by atoms with Gasteiger partial charge in [-0.05, 0) is 29.6 Å². The van der Waals surface area contributed by atoms with Crippen LogP contribution in [0.25, 0.3) is 0 Å². The summed E-state index contributed by atoms with van der Waals surface area (Å²) in [6.45, 7) is 12.1. The lowest BCUT2D eigenvalue weighted by Gasteiger charge is -2.45. The van der Waals surface area contributed by atoms with Crippen LogP contribution in [0.15, 0.2) is 30.3 Å². The van der Waals surface area contributed by atoms with Crippen LogP contribution in [0.4, 0.5) is 0 Å². The molecule has 0 radical (unpaired) electrons. The molecule has 0 amide bonds. The van der Waals surface area contributed by atoms with E-state index >= 15 is 0 Å². The zero-order chi connectivity index (χ0) is 30.7. The molecule has 6 N–H and O–H groups in total. The van der Waals surface area contributed by atoms with E-state index < -0.39 is 82.4 Å². The first kappa shape index (κ1) is 34.0. The van der Waals surface area contributed by atoms with E-state index in [0.717, 1.165) is 0 Å². The van der Waals surface area contributed by atoms with Crippen LogP contribution in [-0.4, -0.2) is 114 Å². The number of aliphatic hydroxyl groups excluding tert-OH is 6. The quantitative estimate of drug-likeness (QED) is 0.194. The summed E-state index contributed by atoms with van der Waals surface area (Å²) in [6.07, 6.45) is -16.0. The van der Waals surface area contributed by atoms with E-state index in [1.165, 1.54) is 0 Å². The second-order valence-electron chi connectivity index (χ2n) is 12.1. The monoisotopic (exact) mass is 599 g/mol. The zero-order valence-electron chi connectivity index (χ0n) is 24.4. The smallest absolute Gasteiger partial charge is 0.192 e. The van der Waals surface area contributed by atoms with E-state index in [0.29, 0.717) is 11.5 Å². The molecule has 11 atom stereocenters. The molecular formula is C28H45NO11Si. The summed E-state index contributed by atoms with van der Waals surface area (Å²) in [7, 11) is -2.30. The van der Waals surface area contributed by atoms with Crippen molar-refractivity contribution >= 4 is 8.32 Å². The van der Waals surface area contributed by atoms with E-state index in [-0.39, 0.29) is 11.6 Å². The van der Waals surface area contributed by atoms with Gasteiger partial charge in [-0.1, -0.05) is 58.0 Å². The molecule has 3 rings (SSSR count). The van der Waals surface area contributed by atoms with Gasteiger partial charge in [0, 0.05) is 0 Å². The molecule has 2 heterocycles. The number of nitriles is 1. The maximum atomic E-state index is 10.6. The van der Waals surface area contributed by atoms with Gasteiger partial charge >= 0.3 is 0 Å². The molecule has 0 saturated carbocycles. The SMILES string of the molecule is CC(C)C(C)(C)[Si](C)(C)OC[C@H]1O[C@@H](OC[C@H]2O[C@@H](OC(C#N)c3ccccc3)[C@H](O)[C@@H](O)[C@@H]2O)[C@H](O)[C@@H](O)[C@@H]1O. The summed E-state index contributed by atoms with van der Waals surface area (Å²) in [5.74, 6) is 0.338. The number of hydrogen-bond donors (Lipinski definition) is 6. The third-order valence-electron chi connectivity index (χ3n) is 8.86. The lowest BCUT2D eigenvalue weighted by Crippen LogP contribution is -2.62. The molecule has 1 aromatic rings. The fourth-order valence-electron chi connectivity index (χ4n) is 4.67. The van der Waals surface area contributed by atoms with Crippen molar-refractivity contribution in [3.63, 3.8) is 0 Å². The van der Waals surface area contributed by atoms with Gasteiger partial charge in [0.1, 0.15) is 48.8 Å². The highest BCUT2D eigenvalue weighted by Crippen LogP contribution is 2.44. The predicted octanol–water partition coefficient (Wildman–Crippen LogP) is 0.558. The lowest BCUT2D eigenvalue weighted by atomic mass is 9.98. The first-order valence-electron chi connectivity index (χ1n) is 13.9. The Morgan fingerprint density at radius 2 is 1.34 bits per heavy atom. The van der Waals surface area contributed by atoms with Crippen molar-refractivity contribution in [3.8, 4) is 6.07 Å². The number of hydrogen-bond acceptors (Lipinski definition) is 12. The van der Waals surface area contributed by atoms with Gasteiger partial charge in [-0.15, -0.1) is 0 Å². The van der Waals surface area contributed by atoms with Crippen LogP contribution in [0.3, 0.4) is 0 Å². The fourth-order valence-corrected chi connectivity index (χ4v) is 7.01. The van der Waals surface area contributed by atoms with Crippen LogP contribution in [0.2, 0.25) is 18.1 Å². The summed E-state index contributed by atoms with van der Waals surface area (Å²) in [5, 5.41) is 72.5. The Bertz CT molecular complexity index is 1010. The average Bonchev–Trinajstić information content (AvgIpc) is 2.94. The highest BCUT2D eigenvalue weighted by molar-refractivity contribution is 6.74. The Morgan fingerprint density at radius 1 is 0.829 bits per heavy atom. The third kappa shape index (κ3) is 7.53. The first-order chi connectivity index (χ1) is 19.1. The highest BCUT2D eigenvalue weighted by atomic mass is 28.4. The minimum absolute atomic E-state index is 0.0431. The highest BCUT2D eigenvalue weighted by Gasteiger charge is 2.49. The van der Waals surface area contributed by atoms with Crippen molar-refractivity contribution in [1.82, 2.24) is 0 Å². The summed E-state index contributed by atoms with van der Waals surface area (Å²) in [4.78, 5) is 0. The Labute approximate surface area is 242 Å². The molecule has 0 bridgehead atoms. The largest absolute Gasteiger partial charge is 0.414 e. The van der Waals surface area contributed by atoms with Gasteiger partial charge < -0.3 is 54.0 Å². The molecule has 2 aliphatic rings.